The summed E-state index contributed by atoms with van der Waals surface area (Å²) >= 11 is 0. The van der Waals surface area contributed by atoms with Crippen molar-refractivity contribution in [2.24, 2.45) is 0 Å². The number of aliphatic carboxylic acids is 1. The van der Waals surface area contributed by atoms with Crippen LogP contribution in [0.25, 0.3) is 0 Å². The normalized spacial score (nSPS) is 27.3. The number of β-amino-alcohol motifs (C(OH)–C–C–N with tert-alkyl or cyclic N) is 1. The standard InChI is InChI=1S/C8H14N2O5/c11-3-6(8(14)15)10-7(13)5-1-4(12)2-9-5/h4-6,9,11-12H,1-3H2,(H,10,13)(H,14,15)/t4-,5+,6+/m0/s1. The van der Waals surface area contributed by atoms with Gasteiger partial charge in [0.2, 0.25) is 5.91 Å². The van der Waals surface area contributed by atoms with Crippen molar-refractivity contribution >= 4 is 11.9 Å². The third-order valence-electron chi connectivity index (χ3n) is 2.22. The van der Waals surface area contributed by atoms with E-state index in [-0.39, 0.29) is 6.42 Å². The predicted octanol–water partition coefficient (Wildman–Crippen LogP) is -2.73. The molecular formula is C8H14N2O5. The summed E-state index contributed by atoms with van der Waals surface area (Å²) in [6.45, 7) is -0.342. The van der Waals surface area contributed by atoms with Crippen molar-refractivity contribution in [2.75, 3.05) is 13.2 Å². The van der Waals surface area contributed by atoms with E-state index >= 15 is 0 Å². The largest absolute Gasteiger partial charge is 0.480 e. The van der Waals surface area contributed by atoms with E-state index in [0.29, 0.717) is 6.54 Å². The monoisotopic (exact) mass is 218 g/mol. The molecule has 1 heterocycles. The fourth-order valence-corrected chi connectivity index (χ4v) is 1.37. The molecule has 86 valence electrons. The van der Waals surface area contributed by atoms with Gasteiger partial charge in [0.05, 0.1) is 18.8 Å². The number of hydrogen-bond donors (Lipinski definition) is 5. The van der Waals surface area contributed by atoms with Crippen LogP contribution in [0.15, 0.2) is 0 Å². The number of carbonyl (C=O) groups excluding carboxylic acids is 1. The number of nitrogens with one attached hydrogen (secondary N) is 2. The second kappa shape index (κ2) is 5.06. The van der Waals surface area contributed by atoms with Gasteiger partial charge in [0.25, 0.3) is 0 Å². The van der Waals surface area contributed by atoms with Crippen LogP contribution in [-0.2, 0) is 9.59 Å². The second-order valence-electron chi connectivity index (χ2n) is 3.43. The molecule has 0 radical (unpaired) electrons. The summed E-state index contributed by atoms with van der Waals surface area (Å²) < 4.78 is 0. The molecule has 0 aliphatic carbocycles. The molecule has 7 nitrogen and oxygen atoms in total. The molecule has 0 aromatic rings. The number of carboxylic acids is 1. The smallest absolute Gasteiger partial charge is 0.328 e. The first-order chi connectivity index (χ1) is 7.04. The van der Waals surface area contributed by atoms with E-state index in [1.165, 1.54) is 0 Å². The summed E-state index contributed by atoms with van der Waals surface area (Å²) in [6, 6.07) is -1.88. The van der Waals surface area contributed by atoms with Gasteiger partial charge in [-0.1, -0.05) is 0 Å². The molecule has 0 bridgehead atoms. The third-order valence-corrected chi connectivity index (χ3v) is 2.22. The average Bonchev–Trinajstić information content (AvgIpc) is 2.60. The zero-order valence-corrected chi connectivity index (χ0v) is 8.01. The summed E-state index contributed by atoms with van der Waals surface area (Å²) in [5.41, 5.74) is 0. The third kappa shape index (κ3) is 3.15. The molecule has 0 unspecified atom stereocenters. The Morgan fingerprint density at radius 1 is 1.53 bits per heavy atom. The Bertz CT molecular complexity index is 257. The molecule has 1 fully saturated rings. The summed E-state index contributed by atoms with van der Waals surface area (Å²) in [7, 11) is 0. The molecule has 15 heavy (non-hydrogen) atoms. The zero-order chi connectivity index (χ0) is 11.4. The first-order valence-corrected chi connectivity index (χ1v) is 4.60. The lowest BCUT2D eigenvalue weighted by atomic mass is 10.2. The van der Waals surface area contributed by atoms with E-state index in [2.05, 4.69) is 10.6 Å². The number of hydrogen-bond acceptors (Lipinski definition) is 5. The Morgan fingerprint density at radius 3 is 2.60 bits per heavy atom. The number of rotatable bonds is 4. The number of amides is 1. The van der Waals surface area contributed by atoms with Crippen molar-refractivity contribution in [3.63, 3.8) is 0 Å². The van der Waals surface area contributed by atoms with Crippen LogP contribution in [0.4, 0.5) is 0 Å². The summed E-state index contributed by atoms with van der Waals surface area (Å²) in [6.07, 6.45) is -0.331. The van der Waals surface area contributed by atoms with E-state index in [4.69, 9.17) is 15.3 Å². The van der Waals surface area contributed by atoms with E-state index in [1.807, 2.05) is 0 Å². The van der Waals surface area contributed by atoms with Crippen molar-refractivity contribution in [3.8, 4) is 0 Å². The minimum Gasteiger partial charge on any atom is -0.480 e. The number of aliphatic hydroxyl groups excluding tert-OH is 2. The molecule has 1 amide bonds. The lowest BCUT2D eigenvalue weighted by molar-refractivity contribution is -0.143. The number of aliphatic hydroxyl groups is 2. The second-order valence-corrected chi connectivity index (χ2v) is 3.43. The van der Waals surface area contributed by atoms with Gasteiger partial charge >= 0.3 is 5.97 Å². The lowest BCUT2D eigenvalue weighted by Crippen LogP contribution is -2.49. The van der Waals surface area contributed by atoms with E-state index in [0.717, 1.165) is 0 Å². The Kier molecular flexibility index (Phi) is 4.01. The van der Waals surface area contributed by atoms with Crippen molar-refractivity contribution in [1.82, 2.24) is 10.6 Å². The van der Waals surface area contributed by atoms with E-state index < -0.39 is 36.7 Å². The molecule has 1 rings (SSSR count). The molecule has 7 heteroatoms. The average molecular weight is 218 g/mol. The molecule has 0 aromatic carbocycles. The van der Waals surface area contributed by atoms with Crippen LogP contribution in [0.2, 0.25) is 0 Å². The van der Waals surface area contributed by atoms with Crippen LogP contribution in [0, 0.1) is 0 Å². The molecule has 1 saturated heterocycles. The number of carboxylic acid groups (broad SMARTS) is 1. The Morgan fingerprint density at radius 2 is 2.20 bits per heavy atom. The van der Waals surface area contributed by atoms with Gasteiger partial charge in [0.15, 0.2) is 0 Å². The quantitative estimate of drug-likeness (QED) is 0.349. The summed E-state index contributed by atoms with van der Waals surface area (Å²) in [5.74, 6) is -1.81. The van der Waals surface area contributed by atoms with E-state index in [1.54, 1.807) is 0 Å². The van der Waals surface area contributed by atoms with Crippen molar-refractivity contribution in [3.05, 3.63) is 0 Å². The Labute approximate surface area is 86.1 Å². The van der Waals surface area contributed by atoms with Gasteiger partial charge in [-0.3, -0.25) is 4.79 Å². The maximum absolute atomic E-state index is 11.4. The fourth-order valence-electron chi connectivity index (χ4n) is 1.37. The molecular weight excluding hydrogens is 204 g/mol. The fraction of sp³-hybridized carbons (Fsp3) is 0.750. The van der Waals surface area contributed by atoms with Gasteiger partial charge in [-0.25, -0.2) is 4.79 Å². The van der Waals surface area contributed by atoms with Crippen LogP contribution in [0.3, 0.4) is 0 Å². The summed E-state index contributed by atoms with van der Waals surface area (Å²) in [5, 5.41) is 31.3. The maximum atomic E-state index is 11.4. The minimum absolute atomic E-state index is 0.254. The highest BCUT2D eigenvalue weighted by Crippen LogP contribution is 2.06. The Balaban J connectivity index is 2.44. The van der Waals surface area contributed by atoms with Gasteiger partial charge in [-0.05, 0) is 6.42 Å². The highest BCUT2D eigenvalue weighted by molar-refractivity contribution is 5.87. The highest BCUT2D eigenvalue weighted by Gasteiger charge is 2.30. The molecule has 5 N–H and O–H groups in total. The van der Waals surface area contributed by atoms with E-state index in [9.17, 15) is 9.59 Å². The molecule has 0 saturated carbocycles. The topological polar surface area (TPSA) is 119 Å². The van der Waals surface area contributed by atoms with Crippen molar-refractivity contribution in [1.29, 1.82) is 0 Å². The molecule has 1 aliphatic heterocycles. The maximum Gasteiger partial charge on any atom is 0.328 e. The van der Waals surface area contributed by atoms with Gasteiger partial charge in [0, 0.05) is 6.54 Å². The van der Waals surface area contributed by atoms with Crippen LogP contribution < -0.4 is 10.6 Å². The number of carbonyl (C=O) groups is 2. The van der Waals surface area contributed by atoms with Gasteiger partial charge < -0.3 is 26.0 Å². The molecule has 3 atom stereocenters. The zero-order valence-electron chi connectivity index (χ0n) is 8.01. The summed E-state index contributed by atoms with van der Waals surface area (Å²) in [4.78, 5) is 21.9. The van der Waals surface area contributed by atoms with Crippen LogP contribution >= 0.6 is 0 Å². The molecule has 0 spiro atoms. The Hall–Kier alpha value is -1.18. The predicted molar refractivity (Wildman–Crippen MR) is 49.1 cm³/mol. The first-order valence-electron chi connectivity index (χ1n) is 4.60. The van der Waals surface area contributed by atoms with Crippen LogP contribution in [-0.4, -0.2) is 58.5 Å². The van der Waals surface area contributed by atoms with Crippen molar-refractivity contribution in [2.45, 2.75) is 24.6 Å². The van der Waals surface area contributed by atoms with Gasteiger partial charge in [-0.15, -0.1) is 0 Å². The van der Waals surface area contributed by atoms with Crippen LogP contribution in [0.5, 0.6) is 0 Å². The lowest BCUT2D eigenvalue weighted by Gasteiger charge is -2.15. The first kappa shape index (κ1) is 11.9. The highest BCUT2D eigenvalue weighted by atomic mass is 16.4. The minimum atomic E-state index is -1.29. The van der Waals surface area contributed by atoms with Crippen LogP contribution in [0.1, 0.15) is 6.42 Å². The van der Waals surface area contributed by atoms with Gasteiger partial charge in [-0.2, -0.15) is 0 Å². The molecule has 0 aromatic heterocycles. The molecule has 1 aliphatic rings. The SMILES string of the molecule is O=C(O)[C@@H](CO)NC(=O)[C@H]1C[C@H](O)CN1. The van der Waals surface area contributed by atoms with Crippen molar-refractivity contribution < 1.29 is 24.9 Å². The van der Waals surface area contributed by atoms with Gasteiger partial charge in [0.1, 0.15) is 6.04 Å².